The first-order valence-electron chi connectivity index (χ1n) is 7.07. The van der Waals surface area contributed by atoms with Crippen LogP contribution in [0, 0.1) is 0 Å². The molecule has 2 rings (SSSR count). The van der Waals surface area contributed by atoms with Crippen LogP contribution in [-0.2, 0) is 0 Å². The SMILES string of the molecule is CCCNC(C)c1cccc(-c2cncc(OC)c2)c1. The van der Waals surface area contributed by atoms with Crippen molar-refractivity contribution in [1.29, 1.82) is 0 Å². The summed E-state index contributed by atoms with van der Waals surface area (Å²) in [6.07, 6.45) is 4.73. The standard InChI is InChI=1S/C17H22N2O/c1-4-8-19-13(2)14-6-5-7-15(9-14)16-10-17(20-3)12-18-11-16/h5-7,9-13,19H,4,8H2,1-3H3. The largest absolute Gasteiger partial charge is 0.495 e. The third kappa shape index (κ3) is 3.58. The Morgan fingerprint density at radius 3 is 2.80 bits per heavy atom. The molecule has 0 aliphatic heterocycles. The highest BCUT2D eigenvalue weighted by Crippen LogP contribution is 2.25. The molecule has 0 saturated heterocycles. The predicted molar refractivity (Wildman–Crippen MR) is 82.9 cm³/mol. The first-order chi connectivity index (χ1) is 9.74. The summed E-state index contributed by atoms with van der Waals surface area (Å²) in [5.74, 6) is 0.782. The van der Waals surface area contributed by atoms with Gasteiger partial charge in [0.2, 0.25) is 0 Å². The van der Waals surface area contributed by atoms with Crippen molar-refractivity contribution in [2.24, 2.45) is 0 Å². The fraction of sp³-hybridized carbons (Fsp3) is 0.353. The van der Waals surface area contributed by atoms with E-state index in [1.165, 1.54) is 11.1 Å². The lowest BCUT2D eigenvalue weighted by Gasteiger charge is -2.15. The maximum absolute atomic E-state index is 5.23. The molecular formula is C17H22N2O. The van der Waals surface area contributed by atoms with Crippen LogP contribution in [0.2, 0.25) is 0 Å². The Balaban J connectivity index is 2.24. The van der Waals surface area contributed by atoms with Crippen molar-refractivity contribution < 1.29 is 4.74 Å². The lowest BCUT2D eigenvalue weighted by atomic mass is 10.0. The first-order valence-corrected chi connectivity index (χ1v) is 7.07. The van der Waals surface area contributed by atoms with E-state index in [0.29, 0.717) is 6.04 Å². The molecule has 1 aromatic carbocycles. The van der Waals surface area contributed by atoms with E-state index in [2.05, 4.69) is 48.4 Å². The van der Waals surface area contributed by atoms with Gasteiger partial charge in [-0.05, 0) is 43.1 Å². The van der Waals surface area contributed by atoms with E-state index < -0.39 is 0 Å². The van der Waals surface area contributed by atoms with Gasteiger partial charge in [0.1, 0.15) is 5.75 Å². The molecule has 0 amide bonds. The second-order valence-corrected chi connectivity index (χ2v) is 4.91. The highest BCUT2D eigenvalue weighted by molar-refractivity contribution is 5.64. The van der Waals surface area contributed by atoms with Crippen LogP contribution in [0.25, 0.3) is 11.1 Å². The zero-order chi connectivity index (χ0) is 14.4. The monoisotopic (exact) mass is 270 g/mol. The Bertz CT molecular complexity index is 554. The van der Waals surface area contributed by atoms with Gasteiger partial charge in [-0.3, -0.25) is 4.98 Å². The highest BCUT2D eigenvalue weighted by atomic mass is 16.5. The first kappa shape index (κ1) is 14.5. The Hall–Kier alpha value is -1.87. The minimum atomic E-state index is 0.355. The Morgan fingerprint density at radius 2 is 2.05 bits per heavy atom. The summed E-state index contributed by atoms with van der Waals surface area (Å²) in [4.78, 5) is 4.22. The number of hydrogen-bond acceptors (Lipinski definition) is 3. The second-order valence-electron chi connectivity index (χ2n) is 4.91. The van der Waals surface area contributed by atoms with Gasteiger partial charge in [-0.15, -0.1) is 0 Å². The zero-order valence-electron chi connectivity index (χ0n) is 12.4. The molecule has 1 atom stereocenters. The topological polar surface area (TPSA) is 34.2 Å². The molecule has 0 spiro atoms. The maximum Gasteiger partial charge on any atom is 0.137 e. The third-order valence-corrected chi connectivity index (χ3v) is 3.37. The summed E-state index contributed by atoms with van der Waals surface area (Å²) < 4.78 is 5.23. The molecule has 0 fully saturated rings. The molecule has 1 N–H and O–H groups in total. The van der Waals surface area contributed by atoms with Gasteiger partial charge in [-0.1, -0.05) is 25.1 Å². The summed E-state index contributed by atoms with van der Waals surface area (Å²) >= 11 is 0. The van der Waals surface area contributed by atoms with E-state index in [-0.39, 0.29) is 0 Å². The van der Waals surface area contributed by atoms with E-state index in [1.54, 1.807) is 13.3 Å². The van der Waals surface area contributed by atoms with Crippen molar-refractivity contribution in [3.63, 3.8) is 0 Å². The number of pyridine rings is 1. The molecular weight excluding hydrogens is 248 g/mol. The summed E-state index contributed by atoms with van der Waals surface area (Å²) in [6.45, 7) is 5.41. The van der Waals surface area contributed by atoms with Crippen LogP contribution in [-0.4, -0.2) is 18.6 Å². The molecule has 106 valence electrons. The normalized spacial score (nSPS) is 12.2. The highest BCUT2D eigenvalue weighted by Gasteiger charge is 2.06. The Labute approximate surface area is 121 Å². The average molecular weight is 270 g/mol. The summed E-state index contributed by atoms with van der Waals surface area (Å²) in [7, 11) is 1.66. The number of ether oxygens (including phenoxy) is 1. The number of rotatable bonds is 6. The predicted octanol–water partition coefficient (Wildman–Crippen LogP) is 3.82. The van der Waals surface area contributed by atoms with E-state index in [4.69, 9.17) is 4.74 Å². The van der Waals surface area contributed by atoms with E-state index in [0.717, 1.165) is 24.3 Å². The van der Waals surface area contributed by atoms with Gasteiger partial charge >= 0.3 is 0 Å². The minimum absolute atomic E-state index is 0.355. The molecule has 3 heteroatoms. The van der Waals surface area contributed by atoms with Crippen molar-refractivity contribution in [2.45, 2.75) is 26.3 Å². The summed E-state index contributed by atoms with van der Waals surface area (Å²) in [5.41, 5.74) is 3.53. The van der Waals surface area contributed by atoms with Crippen molar-refractivity contribution >= 4 is 0 Å². The average Bonchev–Trinajstić information content (AvgIpc) is 2.52. The van der Waals surface area contributed by atoms with E-state index in [9.17, 15) is 0 Å². The summed E-state index contributed by atoms with van der Waals surface area (Å²) in [6, 6.07) is 10.9. The van der Waals surface area contributed by atoms with Crippen LogP contribution in [0.15, 0.2) is 42.7 Å². The molecule has 2 aromatic rings. The number of nitrogens with zero attached hydrogens (tertiary/aromatic N) is 1. The fourth-order valence-electron chi connectivity index (χ4n) is 2.15. The molecule has 1 aromatic heterocycles. The molecule has 3 nitrogen and oxygen atoms in total. The number of hydrogen-bond donors (Lipinski definition) is 1. The molecule has 0 bridgehead atoms. The number of benzene rings is 1. The van der Waals surface area contributed by atoms with Gasteiger partial charge in [0.25, 0.3) is 0 Å². The van der Waals surface area contributed by atoms with Gasteiger partial charge in [-0.2, -0.15) is 0 Å². The fourth-order valence-corrected chi connectivity index (χ4v) is 2.15. The lowest BCUT2D eigenvalue weighted by molar-refractivity contribution is 0.413. The Kier molecular flexibility index (Phi) is 5.13. The van der Waals surface area contributed by atoms with Crippen LogP contribution in [0.4, 0.5) is 0 Å². The zero-order valence-corrected chi connectivity index (χ0v) is 12.4. The van der Waals surface area contributed by atoms with Crippen LogP contribution in [0.3, 0.4) is 0 Å². The van der Waals surface area contributed by atoms with Crippen molar-refractivity contribution in [3.05, 3.63) is 48.3 Å². The van der Waals surface area contributed by atoms with Crippen molar-refractivity contribution in [3.8, 4) is 16.9 Å². The molecule has 1 unspecified atom stereocenters. The van der Waals surface area contributed by atoms with Crippen molar-refractivity contribution in [2.75, 3.05) is 13.7 Å². The van der Waals surface area contributed by atoms with E-state index >= 15 is 0 Å². The van der Waals surface area contributed by atoms with Gasteiger partial charge in [0.15, 0.2) is 0 Å². The number of aromatic nitrogens is 1. The smallest absolute Gasteiger partial charge is 0.137 e. The Morgan fingerprint density at radius 1 is 1.20 bits per heavy atom. The molecule has 0 aliphatic rings. The van der Waals surface area contributed by atoms with E-state index in [1.807, 2.05) is 12.3 Å². The van der Waals surface area contributed by atoms with Crippen molar-refractivity contribution in [1.82, 2.24) is 10.3 Å². The van der Waals surface area contributed by atoms with Gasteiger partial charge < -0.3 is 10.1 Å². The molecule has 0 saturated carbocycles. The minimum Gasteiger partial charge on any atom is -0.495 e. The van der Waals surface area contributed by atoms with Gasteiger partial charge in [-0.25, -0.2) is 0 Å². The molecule has 20 heavy (non-hydrogen) atoms. The number of nitrogens with one attached hydrogen (secondary N) is 1. The van der Waals surface area contributed by atoms with Crippen LogP contribution < -0.4 is 10.1 Å². The maximum atomic E-state index is 5.23. The number of methoxy groups -OCH3 is 1. The van der Waals surface area contributed by atoms with Crippen LogP contribution in [0.1, 0.15) is 31.9 Å². The third-order valence-electron chi connectivity index (χ3n) is 3.37. The van der Waals surface area contributed by atoms with Crippen LogP contribution in [0.5, 0.6) is 5.75 Å². The molecule has 1 heterocycles. The van der Waals surface area contributed by atoms with Gasteiger partial charge in [0, 0.05) is 17.8 Å². The summed E-state index contributed by atoms with van der Waals surface area (Å²) in [5, 5.41) is 3.51. The lowest BCUT2D eigenvalue weighted by Crippen LogP contribution is -2.19. The molecule has 0 aliphatic carbocycles. The van der Waals surface area contributed by atoms with Crippen LogP contribution >= 0.6 is 0 Å². The second kappa shape index (κ2) is 7.06. The van der Waals surface area contributed by atoms with Gasteiger partial charge in [0.05, 0.1) is 13.3 Å². The quantitative estimate of drug-likeness (QED) is 0.866. The molecule has 0 radical (unpaired) electrons.